The van der Waals surface area contributed by atoms with Gasteiger partial charge in [-0.1, -0.05) is 36.8 Å². The number of hydrogen-bond acceptors (Lipinski definition) is 3. The Bertz CT molecular complexity index is 337. The van der Waals surface area contributed by atoms with Gasteiger partial charge >= 0.3 is 0 Å². The van der Waals surface area contributed by atoms with Crippen molar-refractivity contribution in [2.24, 2.45) is 0 Å². The van der Waals surface area contributed by atoms with Gasteiger partial charge < -0.3 is 14.8 Å². The average molecular weight is 265 g/mol. The smallest absolute Gasteiger partial charge is 0.0742 e. The van der Waals surface area contributed by atoms with E-state index in [1.807, 2.05) is 7.05 Å². The van der Waals surface area contributed by atoms with Crippen molar-refractivity contribution < 1.29 is 9.47 Å². The summed E-state index contributed by atoms with van der Waals surface area (Å²) in [5.74, 6) is 0. The number of hydrogen-bond donors (Lipinski definition) is 1. The van der Waals surface area contributed by atoms with Gasteiger partial charge in [-0.25, -0.2) is 0 Å². The number of ether oxygens (including phenoxy) is 2. The number of benzene rings is 1. The van der Waals surface area contributed by atoms with Gasteiger partial charge in [0.2, 0.25) is 0 Å². The average Bonchev–Trinajstić information content (AvgIpc) is 2.41. The first-order valence-corrected chi connectivity index (χ1v) is 7.12. The maximum absolute atomic E-state index is 5.84. The fourth-order valence-corrected chi connectivity index (χ4v) is 2.08. The van der Waals surface area contributed by atoms with Gasteiger partial charge in [-0.05, 0) is 32.9 Å². The predicted molar refractivity (Wildman–Crippen MR) is 79.5 cm³/mol. The molecule has 1 N–H and O–H groups in total. The molecule has 0 fully saturated rings. The van der Waals surface area contributed by atoms with Gasteiger partial charge in [-0.15, -0.1) is 0 Å². The van der Waals surface area contributed by atoms with Crippen LogP contribution < -0.4 is 5.32 Å². The molecule has 1 aromatic rings. The topological polar surface area (TPSA) is 30.5 Å². The highest BCUT2D eigenvalue weighted by atomic mass is 16.5. The van der Waals surface area contributed by atoms with E-state index >= 15 is 0 Å². The largest absolute Gasteiger partial charge is 0.379 e. The predicted octanol–water partition coefficient (Wildman–Crippen LogP) is 3.09. The molecule has 2 unspecified atom stereocenters. The highest BCUT2D eigenvalue weighted by molar-refractivity contribution is 5.24. The van der Waals surface area contributed by atoms with Crippen molar-refractivity contribution in [3.63, 3.8) is 0 Å². The second-order valence-corrected chi connectivity index (χ2v) is 4.87. The first-order valence-electron chi connectivity index (χ1n) is 7.12. The Balaban J connectivity index is 2.43. The number of likely N-dealkylation sites (N-methyl/N-ethyl adjacent to an activating group) is 1. The molecule has 3 nitrogen and oxygen atoms in total. The number of nitrogens with one attached hydrogen (secondary N) is 1. The van der Waals surface area contributed by atoms with Crippen LogP contribution in [0.3, 0.4) is 0 Å². The third kappa shape index (κ3) is 5.72. The quantitative estimate of drug-likeness (QED) is 0.696. The Morgan fingerprint density at radius 1 is 1.11 bits per heavy atom. The van der Waals surface area contributed by atoms with E-state index in [2.05, 4.69) is 50.4 Å². The Kier molecular flexibility index (Phi) is 7.72. The Labute approximate surface area is 117 Å². The monoisotopic (exact) mass is 265 g/mol. The summed E-state index contributed by atoms with van der Waals surface area (Å²) < 4.78 is 11.3. The van der Waals surface area contributed by atoms with Gasteiger partial charge in [0.05, 0.1) is 25.4 Å². The molecule has 3 heteroatoms. The van der Waals surface area contributed by atoms with E-state index in [0.29, 0.717) is 13.2 Å². The third-order valence-electron chi connectivity index (χ3n) is 3.17. The molecule has 2 atom stereocenters. The number of rotatable bonds is 9. The van der Waals surface area contributed by atoms with E-state index < -0.39 is 0 Å². The summed E-state index contributed by atoms with van der Waals surface area (Å²) in [6.07, 6.45) is 1.18. The summed E-state index contributed by atoms with van der Waals surface area (Å²) in [5, 5.41) is 3.32. The molecule has 0 saturated heterocycles. The minimum Gasteiger partial charge on any atom is -0.379 e. The molecule has 0 aliphatic rings. The molecule has 0 aliphatic carbocycles. The maximum Gasteiger partial charge on any atom is 0.0742 e. The van der Waals surface area contributed by atoms with Gasteiger partial charge in [0.1, 0.15) is 0 Å². The van der Waals surface area contributed by atoms with Gasteiger partial charge in [0, 0.05) is 6.61 Å². The van der Waals surface area contributed by atoms with Crippen molar-refractivity contribution in [1.29, 1.82) is 0 Å². The summed E-state index contributed by atoms with van der Waals surface area (Å²) >= 11 is 0. The maximum atomic E-state index is 5.84. The molecule has 108 valence electrons. The first kappa shape index (κ1) is 16.2. The highest BCUT2D eigenvalue weighted by Gasteiger charge is 2.17. The lowest BCUT2D eigenvalue weighted by atomic mass is 10.0. The second-order valence-electron chi connectivity index (χ2n) is 4.87. The molecule has 0 radical (unpaired) electrons. The van der Waals surface area contributed by atoms with Crippen LogP contribution in [0.15, 0.2) is 24.3 Å². The number of aryl methyl sites for hydroxylation is 1. The zero-order chi connectivity index (χ0) is 14.1. The fraction of sp³-hybridized carbons (Fsp3) is 0.625. The van der Waals surface area contributed by atoms with Crippen LogP contribution in [-0.4, -0.2) is 33.0 Å². The van der Waals surface area contributed by atoms with Crippen molar-refractivity contribution in [1.82, 2.24) is 5.32 Å². The SMILES string of the molecule is CCCOCCOC(C)C(NC)c1ccc(C)cc1. The van der Waals surface area contributed by atoms with Crippen molar-refractivity contribution in [2.45, 2.75) is 39.3 Å². The highest BCUT2D eigenvalue weighted by Crippen LogP contribution is 2.19. The van der Waals surface area contributed by atoms with Crippen LogP contribution in [0.4, 0.5) is 0 Å². The molecule has 0 spiro atoms. The lowest BCUT2D eigenvalue weighted by molar-refractivity contribution is -0.00237. The lowest BCUT2D eigenvalue weighted by Crippen LogP contribution is -2.30. The van der Waals surface area contributed by atoms with Crippen LogP contribution in [0.2, 0.25) is 0 Å². The Morgan fingerprint density at radius 2 is 1.79 bits per heavy atom. The molecule has 0 aliphatic heterocycles. The summed E-state index contributed by atoms with van der Waals surface area (Å²) in [4.78, 5) is 0. The van der Waals surface area contributed by atoms with E-state index in [1.165, 1.54) is 11.1 Å². The van der Waals surface area contributed by atoms with Crippen LogP contribution in [-0.2, 0) is 9.47 Å². The zero-order valence-corrected chi connectivity index (χ0v) is 12.6. The third-order valence-corrected chi connectivity index (χ3v) is 3.17. The zero-order valence-electron chi connectivity index (χ0n) is 12.6. The molecule has 0 bridgehead atoms. The summed E-state index contributed by atoms with van der Waals surface area (Å²) in [6, 6.07) is 8.80. The van der Waals surface area contributed by atoms with Crippen LogP contribution >= 0.6 is 0 Å². The molecule has 1 aromatic carbocycles. The molecule has 19 heavy (non-hydrogen) atoms. The van der Waals surface area contributed by atoms with E-state index in [9.17, 15) is 0 Å². The van der Waals surface area contributed by atoms with Gasteiger partial charge in [-0.3, -0.25) is 0 Å². The summed E-state index contributed by atoms with van der Waals surface area (Å²) in [7, 11) is 1.97. The summed E-state index contributed by atoms with van der Waals surface area (Å²) in [5.41, 5.74) is 2.54. The van der Waals surface area contributed by atoms with Crippen molar-refractivity contribution in [3.05, 3.63) is 35.4 Å². The molecule has 1 rings (SSSR count). The first-order chi connectivity index (χ1) is 9.19. The molecule has 0 saturated carbocycles. The minimum absolute atomic E-state index is 0.123. The second kappa shape index (κ2) is 9.08. The van der Waals surface area contributed by atoms with E-state index in [1.54, 1.807) is 0 Å². The van der Waals surface area contributed by atoms with Crippen LogP contribution in [0.25, 0.3) is 0 Å². The minimum atomic E-state index is 0.123. The molecular formula is C16H27NO2. The van der Waals surface area contributed by atoms with E-state index in [0.717, 1.165) is 13.0 Å². The molecule has 0 amide bonds. The van der Waals surface area contributed by atoms with Crippen molar-refractivity contribution in [2.75, 3.05) is 26.9 Å². The van der Waals surface area contributed by atoms with Crippen LogP contribution in [0.1, 0.15) is 37.4 Å². The van der Waals surface area contributed by atoms with Gasteiger partial charge in [0.15, 0.2) is 0 Å². The normalized spacial score (nSPS) is 14.3. The lowest BCUT2D eigenvalue weighted by Gasteiger charge is -2.24. The van der Waals surface area contributed by atoms with E-state index in [-0.39, 0.29) is 12.1 Å². The van der Waals surface area contributed by atoms with Crippen molar-refractivity contribution >= 4 is 0 Å². The standard InChI is InChI=1S/C16H27NO2/c1-5-10-18-11-12-19-14(3)16(17-4)15-8-6-13(2)7-9-15/h6-9,14,16-17H,5,10-12H2,1-4H3. The Hall–Kier alpha value is -0.900. The molecule has 0 heterocycles. The summed E-state index contributed by atoms with van der Waals surface area (Å²) in [6.45, 7) is 8.43. The Morgan fingerprint density at radius 3 is 2.37 bits per heavy atom. The fourth-order valence-electron chi connectivity index (χ4n) is 2.08. The van der Waals surface area contributed by atoms with Crippen molar-refractivity contribution in [3.8, 4) is 0 Å². The van der Waals surface area contributed by atoms with Crippen LogP contribution in [0.5, 0.6) is 0 Å². The molecule has 0 aromatic heterocycles. The molecular weight excluding hydrogens is 238 g/mol. The van der Waals surface area contributed by atoms with Crippen LogP contribution in [0, 0.1) is 6.92 Å². The van der Waals surface area contributed by atoms with E-state index in [4.69, 9.17) is 9.47 Å². The van der Waals surface area contributed by atoms with Gasteiger partial charge in [0.25, 0.3) is 0 Å². The van der Waals surface area contributed by atoms with Gasteiger partial charge in [-0.2, -0.15) is 0 Å².